The van der Waals surface area contributed by atoms with Crippen LogP contribution in [0.2, 0.25) is 0 Å². The van der Waals surface area contributed by atoms with E-state index in [-0.39, 0.29) is 24.0 Å². The number of methoxy groups -OCH3 is 1. The number of carbonyl (C=O) groups excluding carboxylic acids is 2. The summed E-state index contributed by atoms with van der Waals surface area (Å²) in [4.78, 5) is 25.1. The van der Waals surface area contributed by atoms with Crippen molar-refractivity contribution in [3.63, 3.8) is 0 Å². The number of ether oxygens (including phenoxy) is 2. The van der Waals surface area contributed by atoms with Crippen LogP contribution in [0.15, 0.2) is 0 Å². The van der Waals surface area contributed by atoms with Gasteiger partial charge in [-0.2, -0.15) is 0 Å². The van der Waals surface area contributed by atoms with Gasteiger partial charge in [0.05, 0.1) is 7.11 Å². The largest absolute Gasteiger partial charge is 0.469 e. The molecule has 1 aliphatic heterocycles. The molecule has 0 unspecified atom stereocenters. The van der Waals surface area contributed by atoms with Gasteiger partial charge in [-0.25, -0.2) is 4.79 Å². The minimum atomic E-state index is -0.503. The monoisotopic (exact) mass is 286 g/mol. The smallest absolute Gasteiger partial charge is 0.410 e. The molecule has 1 fully saturated rings. The first kappa shape index (κ1) is 16.8. The van der Waals surface area contributed by atoms with E-state index in [9.17, 15) is 9.59 Å². The Balaban J connectivity index is 2.57. The van der Waals surface area contributed by atoms with Gasteiger partial charge in [0.2, 0.25) is 0 Å². The molecule has 1 amide bonds. The first-order valence-electron chi connectivity index (χ1n) is 7.03. The van der Waals surface area contributed by atoms with E-state index in [1.165, 1.54) is 7.11 Å². The van der Waals surface area contributed by atoms with Gasteiger partial charge in [-0.3, -0.25) is 4.79 Å². The maximum atomic E-state index is 12.0. The van der Waals surface area contributed by atoms with Crippen LogP contribution in [0.3, 0.4) is 0 Å². The topological polar surface area (TPSA) is 81.9 Å². The standard InChI is InChI=1S/C14H26N2O4/c1-14(2,3)20-13(18)16-7-5-10(9-12(17)19-4)11(15)6-8-16/h10-11H,5-9,15H2,1-4H3/t10-,11-/m1/s1. The van der Waals surface area contributed by atoms with Crippen LogP contribution in [0.5, 0.6) is 0 Å². The maximum absolute atomic E-state index is 12.0. The molecule has 0 radical (unpaired) electrons. The van der Waals surface area contributed by atoms with Crippen molar-refractivity contribution in [3.05, 3.63) is 0 Å². The van der Waals surface area contributed by atoms with Crippen molar-refractivity contribution in [3.8, 4) is 0 Å². The lowest BCUT2D eigenvalue weighted by molar-refractivity contribution is -0.141. The van der Waals surface area contributed by atoms with E-state index in [1.807, 2.05) is 20.8 Å². The lowest BCUT2D eigenvalue weighted by atomic mass is 9.92. The molecule has 116 valence electrons. The molecule has 0 aromatic carbocycles. The molecule has 1 rings (SSSR count). The SMILES string of the molecule is COC(=O)C[C@H]1CCN(C(=O)OC(C)(C)C)CC[C@H]1N. The Labute approximate surface area is 120 Å². The Hall–Kier alpha value is -1.30. The Morgan fingerprint density at radius 3 is 2.40 bits per heavy atom. The number of amides is 1. The molecule has 0 aliphatic carbocycles. The molecule has 2 N–H and O–H groups in total. The highest BCUT2D eigenvalue weighted by molar-refractivity contribution is 5.70. The van der Waals surface area contributed by atoms with Gasteiger partial charge in [0.1, 0.15) is 5.60 Å². The molecule has 0 bridgehead atoms. The highest BCUT2D eigenvalue weighted by Crippen LogP contribution is 2.22. The molecule has 0 spiro atoms. The van der Waals surface area contributed by atoms with Crippen LogP contribution in [0.4, 0.5) is 4.79 Å². The Bertz CT molecular complexity index is 352. The van der Waals surface area contributed by atoms with Crippen molar-refractivity contribution in [1.82, 2.24) is 4.90 Å². The van der Waals surface area contributed by atoms with Crippen molar-refractivity contribution in [2.24, 2.45) is 11.7 Å². The Kier molecular flexibility index (Phi) is 5.80. The van der Waals surface area contributed by atoms with Crippen LogP contribution in [-0.4, -0.2) is 48.8 Å². The third-order valence-corrected chi connectivity index (χ3v) is 3.42. The van der Waals surface area contributed by atoms with Gasteiger partial charge in [0, 0.05) is 25.6 Å². The van der Waals surface area contributed by atoms with E-state index in [4.69, 9.17) is 10.5 Å². The number of carbonyl (C=O) groups is 2. The minimum Gasteiger partial charge on any atom is -0.469 e. The minimum absolute atomic E-state index is 0.0508. The fourth-order valence-electron chi connectivity index (χ4n) is 2.25. The first-order chi connectivity index (χ1) is 9.23. The van der Waals surface area contributed by atoms with Gasteiger partial charge < -0.3 is 20.1 Å². The van der Waals surface area contributed by atoms with E-state index < -0.39 is 5.60 Å². The van der Waals surface area contributed by atoms with E-state index >= 15 is 0 Å². The van der Waals surface area contributed by atoms with Crippen molar-refractivity contribution < 1.29 is 19.1 Å². The predicted octanol–water partition coefficient (Wildman–Crippen LogP) is 1.52. The fraction of sp³-hybridized carbons (Fsp3) is 0.857. The molecule has 2 atom stereocenters. The number of nitrogens with zero attached hydrogens (tertiary/aromatic N) is 1. The van der Waals surface area contributed by atoms with Gasteiger partial charge >= 0.3 is 12.1 Å². The van der Waals surface area contributed by atoms with Crippen LogP contribution in [-0.2, 0) is 14.3 Å². The zero-order valence-electron chi connectivity index (χ0n) is 12.8. The first-order valence-corrected chi connectivity index (χ1v) is 7.03. The van der Waals surface area contributed by atoms with Crippen LogP contribution in [0.1, 0.15) is 40.0 Å². The average Bonchev–Trinajstić information content (AvgIpc) is 2.50. The summed E-state index contributed by atoms with van der Waals surface area (Å²) in [6.07, 6.45) is 1.35. The summed E-state index contributed by atoms with van der Waals surface area (Å²) in [6.45, 7) is 6.65. The summed E-state index contributed by atoms with van der Waals surface area (Å²) in [5.41, 5.74) is 5.58. The van der Waals surface area contributed by atoms with E-state index in [0.29, 0.717) is 32.4 Å². The summed E-state index contributed by atoms with van der Waals surface area (Å²) < 4.78 is 10.0. The second kappa shape index (κ2) is 6.92. The fourth-order valence-corrected chi connectivity index (χ4v) is 2.25. The lowest BCUT2D eigenvalue weighted by Crippen LogP contribution is -2.37. The normalized spacial score (nSPS) is 23.9. The summed E-state index contributed by atoms with van der Waals surface area (Å²) in [6, 6.07) is -0.0958. The zero-order chi connectivity index (χ0) is 15.3. The van der Waals surface area contributed by atoms with Gasteiger partial charge in [-0.15, -0.1) is 0 Å². The number of hydrogen-bond donors (Lipinski definition) is 1. The zero-order valence-corrected chi connectivity index (χ0v) is 12.8. The molecule has 0 aromatic heterocycles. The van der Waals surface area contributed by atoms with E-state index in [1.54, 1.807) is 4.90 Å². The molecule has 6 heteroatoms. The van der Waals surface area contributed by atoms with Gasteiger partial charge in [0.15, 0.2) is 0 Å². The molecule has 0 saturated carbocycles. The summed E-state index contributed by atoms with van der Waals surface area (Å²) >= 11 is 0. The number of nitrogens with two attached hydrogens (primary N) is 1. The highest BCUT2D eigenvalue weighted by Gasteiger charge is 2.29. The third-order valence-electron chi connectivity index (χ3n) is 3.42. The van der Waals surface area contributed by atoms with Crippen LogP contribution < -0.4 is 5.73 Å². The molecule has 0 aromatic rings. The summed E-state index contributed by atoms with van der Waals surface area (Å²) in [7, 11) is 1.37. The van der Waals surface area contributed by atoms with Crippen molar-refractivity contribution in [2.75, 3.05) is 20.2 Å². The van der Waals surface area contributed by atoms with Crippen LogP contribution in [0, 0.1) is 5.92 Å². The lowest BCUT2D eigenvalue weighted by Gasteiger charge is -2.26. The van der Waals surface area contributed by atoms with E-state index in [2.05, 4.69) is 4.74 Å². The second-order valence-corrected chi connectivity index (χ2v) is 6.25. The summed E-state index contributed by atoms with van der Waals surface area (Å²) in [5.74, 6) is -0.203. The van der Waals surface area contributed by atoms with Crippen molar-refractivity contribution in [2.45, 2.75) is 51.7 Å². The highest BCUT2D eigenvalue weighted by atomic mass is 16.6. The van der Waals surface area contributed by atoms with Crippen LogP contribution in [0.25, 0.3) is 0 Å². The number of esters is 1. The van der Waals surface area contributed by atoms with Crippen LogP contribution >= 0.6 is 0 Å². The molecule has 1 heterocycles. The van der Waals surface area contributed by atoms with Gasteiger partial charge in [0.25, 0.3) is 0 Å². The average molecular weight is 286 g/mol. The third kappa shape index (κ3) is 5.36. The molecule has 1 aliphatic rings. The summed E-state index contributed by atoms with van der Waals surface area (Å²) in [5, 5.41) is 0. The van der Waals surface area contributed by atoms with E-state index in [0.717, 1.165) is 0 Å². The predicted molar refractivity (Wildman–Crippen MR) is 75.1 cm³/mol. The Morgan fingerprint density at radius 2 is 1.85 bits per heavy atom. The number of likely N-dealkylation sites (tertiary alicyclic amines) is 1. The van der Waals surface area contributed by atoms with Gasteiger partial charge in [-0.1, -0.05) is 0 Å². The number of hydrogen-bond acceptors (Lipinski definition) is 5. The Morgan fingerprint density at radius 1 is 1.25 bits per heavy atom. The van der Waals surface area contributed by atoms with Crippen molar-refractivity contribution in [1.29, 1.82) is 0 Å². The quantitative estimate of drug-likeness (QED) is 0.778. The molecule has 1 saturated heterocycles. The molecular weight excluding hydrogens is 260 g/mol. The maximum Gasteiger partial charge on any atom is 0.410 e. The second-order valence-electron chi connectivity index (χ2n) is 6.25. The molecule has 20 heavy (non-hydrogen) atoms. The molecular formula is C14H26N2O4. The number of rotatable bonds is 2. The van der Waals surface area contributed by atoms with Crippen molar-refractivity contribution >= 4 is 12.1 Å². The van der Waals surface area contributed by atoms with Gasteiger partial charge in [-0.05, 0) is 39.5 Å². The molecule has 6 nitrogen and oxygen atoms in total.